The zero-order chi connectivity index (χ0) is 15.3. The number of aromatic amines is 1. The number of nitrogens with zero attached hydrogens (tertiary/aromatic N) is 1. The fraction of sp³-hybridized carbons (Fsp3) is 0.786. The molecule has 0 spiro atoms. The van der Waals surface area contributed by atoms with Crippen LogP contribution in [0, 0.1) is 10.8 Å². The lowest BCUT2D eigenvalue weighted by atomic mass is 9.60. The van der Waals surface area contributed by atoms with Crippen molar-refractivity contribution in [1.29, 1.82) is 0 Å². The highest BCUT2D eigenvalue weighted by Crippen LogP contribution is 2.53. The van der Waals surface area contributed by atoms with Crippen LogP contribution in [0.15, 0.2) is 0 Å². The third-order valence-electron chi connectivity index (χ3n) is 4.08. The van der Waals surface area contributed by atoms with Gasteiger partial charge >= 0.3 is 6.18 Å². The lowest BCUT2D eigenvalue weighted by Gasteiger charge is -2.45. The second kappa shape index (κ2) is 4.40. The molecule has 0 aliphatic heterocycles. The van der Waals surface area contributed by atoms with E-state index in [4.69, 9.17) is 5.73 Å². The number of aromatic nitrogens is 2. The number of nitrogens with two attached hydrogens (primary N) is 1. The van der Waals surface area contributed by atoms with Gasteiger partial charge < -0.3 is 5.73 Å². The normalized spacial score (nSPS) is 22.9. The molecule has 0 atom stereocenters. The van der Waals surface area contributed by atoms with Crippen LogP contribution in [0.3, 0.4) is 0 Å². The summed E-state index contributed by atoms with van der Waals surface area (Å²) in [5, 5.41) is 5.65. The van der Waals surface area contributed by atoms with Crippen LogP contribution >= 0.6 is 0 Å². The fourth-order valence-corrected chi connectivity index (χ4v) is 4.04. The van der Waals surface area contributed by atoms with Gasteiger partial charge in [0.15, 0.2) is 0 Å². The van der Waals surface area contributed by atoms with Crippen LogP contribution in [0.1, 0.15) is 64.1 Å². The summed E-state index contributed by atoms with van der Waals surface area (Å²) >= 11 is 0. The average Bonchev–Trinajstić information content (AvgIpc) is 2.54. The molecule has 0 unspecified atom stereocenters. The molecule has 114 valence electrons. The van der Waals surface area contributed by atoms with Crippen molar-refractivity contribution in [2.45, 2.75) is 59.1 Å². The van der Waals surface area contributed by atoms with Crippen molar-refractivity contribution in [2.24, 2.45) is 10.8 Å². The van der Waals surface area contributed by atoms with Gasteiger partial charge in [0.2, 0.25) is 0 Å². The van der Waals surface area contributed by atoms with Crippen molar-refractivity contribution < 1.29 is 13.2 Å². The molecule has 2 rings (SSSR count). The minimum atomic E-state index is -4.44. The predicted molar refractivity (Wildman–Crippen MR) is 72.2 cm³/mol. The van der Waals surface area contributed by atoms with E-state index >= 15 is 0 Å². The van der Waals surface area contributed by atoms with Crippen LogP contribution in [0.4, 0.5) is 19.0 Å². The average molecular weight is 289 g/mol. The molecule has 1 aliphatic carbocycles. The number of hydrogen-bond acceptors (Lipinski definition) is 2. The monoisotopic (exact) mass is 289 g/mol. The van der Waals surface area contributed by atoms with E-state index in [1.165, 1.54) is 0 Å². The number of nitrogen functional groups attached to an aromatic ring is 1. The summed E-state index contributed by atoms with van der Waals surface area (Å²) in [4.78, 5) is 0. The summed E-state index contributed by atoms with van der Waals surface area (Å²) in [6, 6.07) is 0. The lowest BCUT2D eigenvalue weighted by Crippen LogP contribution is -2.33. The molecule has 0 bridgehead atoms. The molecule has 20 heavy (non-hydrogen) atoms. The minimum Gasteiger partial charge on any atom is -0.382 e. The number of anilines is 1. The topological polar surface area (TPSA) is 54.7 Å². The van der Waals surface area contributed by atoms with E-state index in [9.17, 15) is 13.2 Å². The maximum Gasteiger partial charge on any atom is 0.433 e. The molecule has 1 aliphatic rings. The van der Waals surface area contributed by atoms with Gasteiger partial charge in [-0.15, -0.1) is 0 Å². The maximum atomic E-state index is 13.1. The molecule has 1 heterocycles. The first-order valence-corrected chi connectivity index (χ1v) is 6.82. The van der Waals surface area contributed by atoms with Crippen molar-refractivity contribution in [1.82, 2.24) is 10.2 Å². The molecule has 1 aromatic rings. The highest BCUT2D eigenvalue weighted by molar-refractivity contribution is 5.46. The van der Waals surface area contributed by atoms with Crippen molar-refractivity contribution in [2.75, 3.05) is 5.73 Å². The fourth-order valence-electron chi connectivity index (χ4n) is 4.04. The maximum absolute atomic E-state index is 13.1. The number of nitrogens with one attached hydrogen (secondary N) is 1. The molecule has 1 fully saturated rings. The smallest absolute Gasteiger partial charge is 0.382 e. The molecular weight excluding hydrogens is 267 g/mol. The molecular formula is C14H22F3N3. The summed E-state index contributed by atoms with van der Waals surface area (Å²) in [6.07, 6.45) is -2.05. The number of halogens is 3. The quantitative estimate of drug-likeness (QED) is 0.808. The van der Waals surface area contributed by atoms with E-state index in [-0.39, 0.29) is 28.1 Å². The number of alkyl halides is 3. The summed E-state index contributed by atoms with van der Waals surface area (Å²) < 4.78 is 39.2. The van der Waals surface area contributed by atoms with Gasteiger partial charge in [-0.1, -0.05) is 27.7 Å². The first-order valence-electron chi connectivity index (χ1n) is 6.82. The Morgan fingerprint density at radius 1 is 1.15 bits per heavy atom. The Morgan fingerprint density at radius 2 is 1.65 bits per heavy atom. The van der Waals surface area contributed by atoms with E-state index in [0.29, 0.717) is 12.8 Å². The summed E-state index contributed by atoms with van der Waals surface area (Å²) in [5.41, 5.74) is 5.07. The highest BCUT2D eigenvalue weighted by atomic mass is 19.4. The van der Waals surface area contributed by atoms with Gasteiger partial charge in [-0.2, -0.15) is 18.3 Å². The Hall–Kier alpha value is -1.20. The van der Waals surface area contributed by atoms with E-state index < -0.39 is 11.9 Å². The van der Waals surface area contributed by atoms with Gasteiger partial charge in [-0.25, -0.2) is 0 Å². The second-order valence-electron chi connectivity index (χ2n) is 7.51. The Balaban J connectivity index is 2.44. The van der Waals surface area contributed by atoms with E-state index in [2.05, 4.69) is 37.9 Å². The zero-order valence-corrected chi connectivity index (χ0v) is 12.4. The number of hydrogen-bond donors (Lipinski definition) is 2. The summed E-state index contributed by atoms with van der Waals surface area (Å²) in [7, 11) is 0. The summed E-state index contributed by atoms with van der Waals surface area (Å²) in [6.45, 7) is 8.41. The largest absolute Gasteiger partial charge is 0.433 e. The van der Waals surface area contributed by atoms with Crippen LogP contribution in [0.5, 0.6) is 0 Å². The molecule has 0 amide bonds. The second-order valence-corrected chi connectivity index (χ2v) is 7.51. The Kier molecular flexibility index (Phi) is 3.34. The lowest BCUT2D eigenvalue weighted by molar-refractivity contribution is -0.142. The van der Waals surface area contributed by atoms with Crippen LogP contribution in [-0.2, 0) is 6.18 Å². The summed E-state index contributed by atoms with van der Waals surface area (Å²) in [5.74, 6) is -0.222. The van der Waals surface area contributed by atoms with Crippen LogP contribution in [0.2, 0.25) is 0 Å². The Bertz CT molecular complexity index is 484. The standard InChI is InChI=1S/C14H22F3N3/c1-12(2)5-8(6-13(3,4)7-12)9-10(14(15,16)17)19-20-11(9)18/h8H,5-7H2,1-4H3,(H3,18,19,20). The highest BCUT2D eigenvalue weighted by Gasteiger charge is 2.44. The molecule has 3 N–H and O–H groups in total. The van der Waals surface area contributed by atoms with Gasteiger partial charge in [0, 0.05) is 5.56 Å². The van der Waals surface area contributed by atoms with Gasteiger partial charge in [-0.3, -0.25) is 5.10 Å². The molecule has 0 saturated heterocycles. The predicted octanol–water partition coefficient (Wildman–Crippen LogP) is 4.33. The van der Waals surface area contributed by atoms with Crippen molar-refractivity contribution in [3.05, 3.63) is 11.3 Å². The molecule has 0 aromatic carbocycles. The minimum absolute atomic E-state index is 0.000997. The van der Waals surface area contributed by atoms with Crippen LogP contribution in [0.25, 0.3) is 0 Å². The first kappa shape index (κ1) is 15.2. The molecule has 0 radical (unpaired) electrons. The van der Waals surface area contributed by atoms with Crippen molar-refractivity contribution in [3.63, 3.8) is 0 Å². The Labute approximate surface area is 117 Å². The third-order valence-corrected chi connectivity index (χ3v) is 4.08. The number of H-pyrrole nitrogens is 1. The van der Waals surface area contributed by atoms with E-state index in [0.717, 1.165) is 6.42 Å². The van der Waals surface area contributed by atoms with Gasteiger partial charge in [0.05, 0.1) is 0 Å². The van der Waals surface area contributed by atoms with E-state index in [1.807, 2.05) is 0 Å². The van der Waals surface area contributed by atoms with Crippen LogP contribution in [-0.4, -0.2) is 10.2 Å². The first-order chi connectivity index (χ1) is 8.91. The Morgan fingerprint density at radius 3 is 2.10 bits per heavy atom. The van der Waals surface area contributed by atoms with Crippen molar-refractivity contribution in [3.8, 4) is 0 Å². The van der Waals surface area contributed by atoms with Crippen molar-refractivity contribution >= 4 is 5.82 Å². The molecule has 1 saturated carbocycles. The van der Waals surface area contributed by atoms with Gasteiger partial charge in [-0.05, 0) is 36.0 Å². The van der Waals surface area contributed by atoms with E-state index in [1.54, 1.807) is 0 Å². The van der Waals surface area contributed by atoms with Gasteiger partial charge in [0.1, 0.15) is 11.5 Å². The van der Waals surface area contributed by atoms with Gasteiger partial charge in [0.25, 0.3) is 0 Å². The zero-order valence-electron chi connectivity index (χ0n) is 12.4. The number of rotatable bonds is 1. The van der Waals surface area contributed by atoms with Crippen LogP contribution < -0.4 is 5.73 Å². The molecule has 3 nitrogen and oxygen atoms in total. The SMILES string of the molecule is CC1(C)CC(c2c(N)n[nH]c2C(F)(F)F)CC(C)(C)C1. The molecule has 1 aromatic heterocycles. The third kappa shape index (κ3) is 2.94. The molecule has 6 heteroatoms.